The number of likely N-dealkylation sites (tertiary alicyclic amines) is 1. The van der Waals surface area contributed by atoms with E-state index in [2.05, 4.69) is 31.2 Å². The Morgan fingerprint density at radius 2 is 2.37 bits per heavy atom. The molecule has 19 heavy (non-hydrogen) atoms. The van der Waals surface area contributed by atoms with Crippen LogP contribution >= 0.6 is 0 Å². The smallest absolute Gasteiger partial charge is 0.395 e. The molecule has 1 aliphatic heterocycles. The van der Waals surface area contributed by atoms with Crippen LogP contribution in [0, 0.1) is 0 Å². The van der Waals surface area contributed by atoms with Gasteiger partial charge in [0, 0.05) is 19.1 Å². The summed E-state index contributed by atoms with van der Waals surface area (Å²) in [6.45, 7) is 3.45. The largest absolute Gasteiger partial charge is 0.513 e. The van der Waals surface area contributed by atoms with E-state index in [1.54, 1.807) is 0 Å². The average molecular weight is 278 g/mol. The van der Waals surface area contributed by atoms with E-state index in [0.29, 0.717) is 22.9 Å². The van der Waals surface area contributed by atoms with Crippen molar-refractivity contribution in [3.8, 4) is 0 Å². The Labute approximate surface area is 117 Å². The summed E-state index contributed by atoms with van der Waals surface area (Å²) < 4.78 is 4.95. The standard InChI is InChI=1S/C14H22N2O2Si/c1-10-7-13(5-6-16(10)14(17)18-19)12-4-2-3-11(8-12)9-15/h2-4,8,10,13H,5-7,9,15H2,1,19H3. The molecule has 1 heterocycles. The summed E-state index contributed by atoms with van der Waals surface area (Å²) in [5.74, 6) is 0.514. The molecule has 0 bridgehead atoms. The zero-order chi connectivity index (χ0) is 13.8. The molecule has 1 aromatic carbocycles. The number of hydrogen-bond acceptors (Lipinski definition) is 3. The topological polar surface area (TPSA) is 55.6 Å². The van der Waals surface area contributed by atoms with Crippen molar-refractivity contribution < 1.29 is 9.22 Å². The molecule has 0 saturated carbocycles. The minimum atomic E-state index is -0.159. The van der Waals surface area contributed by atoms with E-state index in [1.165, 1.54) is 11.1 Å². The minimum absolute atomic E-state index is 0.159. The van der Waals surface area contributed by atoms with Crippen LogP contribution in [0.2, 0.25) is 0 Å². The molecule has 2 atom stereocenters. The van der Waals surface area contributed by atoms with E-state index in [0.717, 1.165) is 19.4 Å². The van der Waals surface area contributed by atoms with Crippen molar-refractivity contribution in [3.05, 3.63) is 35.4 Å². The lowest BCUT2D eigenvalue weighted by molar-refractivity contribution is 0.116. The Morgan fingerprint density at radius 1 is 1.58 bits per heavy atom. The Balaban J connectivity index is 2.07. The molecule has 2 unspecified atom stereocenters. The number of nitrogens with two attached hydrogens (primary N) is 1. The second kappa shape index (κ2) is 6.21. The van der Waals surface area contributed by atoms with Crippen LogP contribution in [-0.4, -0.2) is 34.1 Å². The van der Waals surface area contributed by atoms with Crippen molar-refractivity contribution >= 4 is 16.6 Å². The van der Waals surface area contributed by atoms with Crippen LogP contribution in [0.25, 0.3) is 0 Å². The highest BCUT2D eigenvalue weighted by atomic mass is 28.2. The Morgan fingerprint density at radius 3 is 3.00 bits per heavy atom. The van der Waals surface area contributed by atoms with Gasteiger partial charge in [0.15, 0.2) is 0 Å². The van der Waals surface area contributed by atoms with Gasteiger partial charge in [-0.25, -0.2) is 4.79 Å². The molecule has 0 aliphatic carbocycles. The third-order valence-corrected chi connectivity index (χ3v) is 4.29. The number of carbonyl (C=O) groups is 1. The summed E-state index contributed by atoms with van der Waals surface area (Å²) in [6, 6.07) is 8.72. The highest BCUT2D eigenvalue weighted by molar-refractivity contribution is 6.05. The van der Waals surface area contributed by atoms with Crippen molar-refractivity contribution in [2.45, 2.75) is 38.3 Å². The molecule has 1 aromatic rings. The molecule has 5 heteroatoms. The van der Waals surface area contributed by atoms with E-state index >= 15 is 0 Å². The third kappa shape index (κ3) is 3.16. The molecular weight excluding hydrogens is 256 g/mol. The van der Waals surface area contributed by atoms with E-state index in [4.69, 9.17) is 10.2 Å². The fraction of sp³-hybridized carbons (Fsp3) is 0.500. The summed E-state index contributed by atoms with van der Waals surface area (Å²) in [5, 5.41) is 0. The van der Waals surface area contributed by atoms with Crippen LogP contribution in [0.4, 0.5) is 4.79 Å². The van der Waals surface area contributed by atoms with Crippen molar-refractivity contribution in [1.82, 2.24) is 4.90 Å². The van der Waals surface area contributed by atoms with Crippen molar-refractivity contribution in [1.29, 1.82) is 0 Å². The zero-order valence-corrected chi connectivity index (χ0v) is 13.6. The number of nitrogens with zero attached hydrogens (tertiary/aromatic N) is 1. The van der Waals surface area contributed by atoms with Gasteiger partial charge in [-0.05, 0) is 36.8 Å². The van der Waals surface area contributed by atoms with Crippen LogP contribution in [-0.2, 0) is 11.0 Å². The molecule has 2 rings (SSSR count). The van der Waals surface area contributed by atoms with Gasteiger partial charge < -0.3 is 15.1 Å². The second-order valence-corrected chi connectivity index (χ2v) is 5.59. The van der Waals surface area contributed by atoms with Crippen LogP contribution < -0.4 is 5.73 Å². The van der Waals surface area contributed by atoms with Gasteiger partial charge in [0.1, 0.15) is 0 Å². The number of benzene rings is 1. The SMILES string of the molecule is CC1CC(c2cccc(CN)c2)CCN1C(=O)O[SiH3]. The third-order valence-electron chi connectivity index (χ3n) is 3.94. The van der Waals surface area contributed by atoms with Crippen LogP contribution in [0.5, 0.6) is 0 Å². The van der Waals surface area contributed by atoms with E-state index in [9.17, 15) is 4.79 Å². The van der Waals surface area contributed by atoms with Gasteiger partial charge in [0.2, 0.25) is 10.5 Å². The van der Waals surface area contributed by atoms with Crippen molar-refractivity contribution in [2.75, 3.05) is 6.54 Å². The van der Waals surface area contributed by atoms with Gasteiger partial charge >= 0.3 is 6.09 Å². The normalized spacial score (nSPS) is 23.4. The Hall–Kier alpha value is -1.33. The molecule has 1 amide bonds. The molecule has 0 spiro atoms. The van der Waals surface area contributed by atoms with Crippen molar-refractivity contribution in [3.63, 3.8) is 0 Å². The van der Waals surface area contributed by atoms with Gasteiger partial charge in [-0.3, -0.25) is 0 Å². The Kier molecular flexibility index (Phi) is 4.60. The van der Waals surface area contributed by atoms with Crippen LogP contribution in [0.1, 0.15) is 36.8 Å². The zero-order valence-electron chi connectivity index (χ0n) is 11.6. The van der Waals surface area contributed by atoms with Gasteiger partial charge in [-0.15, -0.1) is 0 Å². The first kappa shape index (κ1) is 14.1. The monoisotopic (exact) mass is 278 g/mol. The van der Waals surface area contributed by atoms with Gasteiger partial charge in [-0.2, -0.15) is 0 Å². The summed E-state index contributed by atoms with van der Waals surface area (Å²) in [7, 11) is 0.462. The van der Waals surface area contributed by atoms with Crippen LogP contribution in [0.15, 0.2) is 24.3 Å². The first-order valence-corrected chi connectivity index (χ1v) is 7.60. The van der Waals surface area contributed by atoms with E-state index in [-0.39, 0.29) is 12.1 Å². The number of piperidine rings is 1. The maximum Gasteiger partial charge on any atom is 0.395 e. The molecular formula is C14H22N2O2Si. The summed E-state index contributed by atoms with van der Waals surface area (Å²) in [5.41, 5.74) is 8.20. The predicted molar refractivity (Wildman–Crippen MR) is 78.9 cm³/mol. The molecule has 0 radical (unpaired) electrons. The highest BCUT2D eigenvalue weighted by Crippen LogP contribution is 2.32. The quantitative estimate of drug-likeness (QED) is 0.825. The highest BCUT2D eigenvalue weighted by Gasteiger charge is 2.29. The second-order valence-electron chi connectivity index (χ2n) is 5.18. The fourth-order valence-electron chi connectivity index (χ4n) is 2.84. The lowest BCUT2D eigenvalue weighted by Crippen LogP contribution is -2.44. The van der Waals surface area contributed by atoms with Gasteiger partial charge in [0.05, 0.1) is 0 Å². The average Bonchev–Trinajstić information content (AvgIpc) is 2.46. The first-order chi connectivity index (χ1) is 9.15. The Bertz CT molecular complexity index is 453. The lowest BCUT2D eigenvalue weighted by Gasteiger charge is -2.37. The summed E-state index contributed by atoms with van der Waals surface area (Å²) in [6.07, 6.45) is 1.83. The van der Waals surface area contributed by atoms with Gasteiger partial charge in [-0.1, -0.05) is 24.3 Å². The van der Waals surface area contributed by atoms with Crippen LogP contribution in [0.3, 0.4) is 0 Å². The number of amides is 1. The number of rotatable bonds is 2. The molecule has 1 aliphatic rings. The summed E-state index contributed by atoms with van der Waals surface area (Å²) in [4.78, 5) is 13.5. The van der Waals surface area contributed by atoms with Crippen molar-refractivity contribution in [2.24, 2.45) is 5.73 Å². The maximum absolute atomic E-state index is 11.6. The maximum atomic E-state index is 11.6. The molecule has 104 valence electrons. The number of carbonyl (C=O) groups excluding carboxylic acids is 1. The van der Waals surface area contributed by atoms with E-state index in [1.807, 2.05) is 4.90 Å². The number of hydrogen-bond donors (Lipinski definition) is 1. The lowest BCUT2D eigenvalue weighted by atomic mass is 9.85. The summed E-state index contributed by atoms with van der Waals surface area (Å²) >= 11 is 0. The minimum Gasteiger partial charge on any atom is -0.513 e. The molecule has 4 nitrogen and oxygen atoms in total. The van der Waals surface area contributed by atoms with Gasteiger partial charge in [0.25, 0.3) is 0 Å². The predicted octanol–water partition coefficient (Wildman–Crippen LogP) is 1.13. The molecule has 1 fully saturated rings. The fourth-order valence-corrected chi connectivity index (χ4v) is 3.07. The molecule has 2 N–H and O–H groups in total. The first-order valence-electron chi connectivity index (χ1n) is 6.79. The molecule has 1 saturated heterocycles. The molecule has 0 aromatic heterocycles. The van der Waals surface area contributed by atoms with E-state index < -0.39 is 0 Å².